The number of benzene rings is 2. The molecule has 0 bridgehead atoms. The molecule has 0 spiro atoms. The second-order valence-electron chi connectivity index (χ2n) is 8.61. The first-order valence-corrected chi connectivity index (χ1v) is 11.8. The van der Waals surface area contributed by atoms with Gasteiger partial charge in [0.15, 0.2) is 6.61 Å². The lowest BCUT2D eigenvalue weighted by Gasteiger charge is -2.30. The largest absolute Gasteiger partial charge is 0.484 e. The highest BCUT2D eigenvalue weighted by Crippen LogP contribution is 2.18. The van der Waals surface area contributed by atoms with Crippen molar-refractivity contribution in [1.29, 1.82) is 0 Å². The van der Waals surface area contributed by atoms with Gasteiger partial charge in [-0.1, -0.05) is 30.3 Å². The number of carbonyl (C=O) groups is 2. The van der Waals surface area contributed by atoms with Crippen LogP contribution in [0.4, 0.5) is 0 Å². The first-order chi connectivity index (χ1) is 17.1. The molecule has 9 heteroatoms. The number of ether oxygens (including phenoxy) is 1. The fourth-order valence-electron chi connectivity index (χ4n) is 4.07. The minimum atomic E-state index is -0.669. The van der Waals surface area contributed by atoms with Crippen LogP contribution in [0.3, 0.4) is 0 Å². The molecule has 1 aliphatic heterocycles. The first kappa shape index (κ1) is 24.4. The summed E-state index contributed by atoms with van der Waals surface area (Å²) in [6.07, 6.45) is 4.27. The fourth-order valence-corrected chi connectivity index (χ4v) is 4.07. The standard InChI is InChI=1S/C26H31N5O4/c32-23(16-31-11-9-19-4-1-2-5-21(19)15-31)14-29-25(33)17-35-24-7-3-6-20(12-24)26(34)28-10-8-22-13-27-18-30-22/h1-7,12-13,18,23,32H,8-11,14-17H2,(H,27,30)(H,28,34)(H,29,33)/t23-/m1/s1. The number of hydrogen-bond donors (Lipinski definition) is 4. The van der Waals surface area contributed by atoms with E-state index in [-0.39, 0.29) is 25.0 Å². The van der Waals surface area contributed by atoms with E-state index in [1.807, 2.05) is 6.07 Å². The smallest absolute Gasteiger partial charge is 0.258 e. The van der Waals surface area contributed by atoms with E-state index in [1.165, 1.54) is 11.1 Å². The van der Waals surface area contributed by atoms with E-state index in [1.54, 1.807) is 36.8 Å². The summed E-state index contributed by atoms with van der Waals surface area (Å²) in [6.45, 7) is 2.61. The van der Waals surface area contributed by atoms with E-state index in [4.69, 9.17) is 4.74 Å². The maximum absolute atomic E-state index is 12.4. The van der Waals surface area contributed by atoms with Crippen LogP contribution in [-0.4, -0.2) is 70.7 Å². The molecule has 184 valence electrons. The van der Waals surface area contributed by atoms with Crippen molar-refractivity contribution in [1.82, 2.24) is 25.5 Å². The van der Waals surface area contributed by atoms with Crippen molar-refractivity contribution in [3.05, 3.63) is 83.4 Å². The number of aliphatic hydroxyl groups excluding tert-OH is 1. The van der Waals surface area contributed by atoms with Crippen LogP contribution in [0.25, 0.3) is 0 Å². The number of nitrogens with one attached hydrogen (secondary N) is 3. The minimum Gasteiger partial charge on any atom is -0.484 e. The topological polar surface area (TPSA) is 120 Å². The zero-order chi connectivity index (χ0) is 24.5. The second-order valence-corrected chi connectivity index (χ2v) is 8.61. The molecule has 0 saturated heterocycles. The third-order valence-electron chi connectivity index (χ3n) is 5.91. The number of rotatable bonds is 11. The lowest BCUT2D eigenvalue weighted by atomic mass is 10.00. The van der Waals surface area contributed by atoms with E-state index in [0.29, 0.717) is 30.8 Å². The molecule has 0 fully saturated rings. The lowest BCUT2D eigenvalue weighted by Crippen LogP contribution is -2.42. The van der Waals surface area contributed by atoms with Gasteiger partial charge in [-0.15, -0.1) is 0 Å². The van der Waals surface area contributed by atoms with Gasteiger partial charge in [-0.05, 0) is 35.7 Å². The molecule has 4 N–H and O–H groups in total. The van der Waals surface area contributed by atoms with Crippen molar-refractivity contribution in [2.24, 2.45) is 0 Å². The number of aromatic nitrogens is 2. The Kier molecular flexibility index (Phi) is 8.48. The van der Waals surface area contributed by atoms with Gasteiger partial charge >= 0.3 is 0 Å². The Morgan fingerprint density at radius 1 is 1.14 bits per heavy atom. The molecule has 0 unspecified atom stereocenters. The van der Waals surface area contributed by atoms with Crippen LogP contribution in [0.1, 0.15) is 27.2 Å². The fraction of sp³-hybridized carbons (Fsp3) is 0.346. The van der Waals surface area contributed by atoms with Crippen LogP contribution in [-0.2, 0) is 24.2 Å². The number of aliphatic hydroxyl groups is 1. The number of carbonyl (C=O) groups excluding carboxylic acids is 2. The molecule has 1 atom stereocenters. The third-order valence-corrected chi connectivity index (χ3v) is 5.91. The quantitative estimate of drug-likeness (QED) is 0.331. The van der Waals surface area contributed by atoms with Crippen molar-refractivity contribution < 1.29 is 19.4 Å². The van der Waals surface area contributed by atoms with Gasteiger partial charge in [0.05, 0.1) is 12.4 Å². The molecule has 0 saturated carbocycles. The number of β-amino-alcohol motifs (C(OH)–C–C–N with tert-alkyl or cyclic N) is 1. The summed E-state index contributed by atoms with van der Waals surface area (Å²) in [4.78, 5) is 33.7. The summed E-state index contributed by atoms with van der Waals surface area (Å²) < 4.78 is 5.55. The predicted octanol–water partition coefficient (Wildman–Crippen LogP) is 1.30. The summed E-state index contributed by atoms with van der Waals surface area (Å²) in [5, 5.41) is 15.9. The highest BCUT2D eigenvalue weighted by atomic mass is 16.5. The van der Waals surface area contributed by atoms with Gasteiger partial charge in [-0.2, -0.15) is 0 Å². The Hall–Kier alpha value is -3.69. The maximum atomic E-state index is 12.4. The van der Waals surface area contributed by atoms with Crippen molar-refractivity contribution >= 4 is 11.8 Å². The normalized spacial score (nSPS) is 14.1. The second kappa shape index (κ2) is 12.1. The van der Waals surface area contributed by atoms with E-state index >= 15 is 0 Å². The molecule has 9 nitrogen and oxygen atoms in total. The molecule has 2 amide bonds. The molecule has 4 rings (SSSR count). The minimum absolute atomic E-state index is 0.152. The number of fused-ring (bicyclic) bond motifs is 1. The van der Waals surface area contributed by atoms with Crippen LogP contribution in [0.15, 0.2) is 61.1 Å². The molecule has 35 heavy (non-hydrogen) atoms. The molecule has 2 aromatic carbocycles. The number of aromatic amines is 1. The van der Waals surface area contributed by atoms with Gasteiger partial charge < -0.3 is 25.5 Å². The predicted molar refractivity (Wildman–Crippen MR) is 131 cm³/mol. The maximum Gasteiger partial charge on any atom is 0.258 e. The van der Waals surface area contributed by atoms with Crippen molar-refractivity contribution in [3.8, 4) is 5.75 Å². The molecule has 1 aliphatic rings. The van der Waals surface area contributed by atoms with E-state index in [9.17, 15) is 14.7 Å². The number of imidazole rings is 1. The van der Waals surface area contributed by atoms with E-state index < -0.39 is 6.10 Å². The number of hydrogen-bond acceptors (Lipinski definition) is 6. The van der Waals surface area contributed by atoms with Crippen LogP contribution in [0.2, 0.25) is 0 Å². The van der Waals surface area contributed by atoms with Crippen LogP contribution < -0.4 is 15.4 Å². The molecule has 2 heterocycles. The van der Waals surface area contributed by atoms with Gasteiger partial charge in [0, 0.05) is 56.6 Å². The monoisotopic (exact) mass is 477 g/mol. The molecular formula is C26H31N5O4. The van der Waals surface area contributed by atoms with E-state index in [2.05, 4.69) is 43.7 Å². The molecule has 0 aliphatic carbocycles. The molecule has 0 radical (unpaired) electrons. The average molecular weight is 478 g/mol. The van der Waals surface area contributed by atoms with E-state index in [0.717, 1.165) is 25.2 Å². The van der Waals surface area contributed by atoms with Crippen LogP contribution in [0, 0.1) is 0 Å². The zero-order valence-electron chi connectivity index (χ0n) is 19.6. The summed E-state index contributed by atoms with van der Waals surface area (Å²) in [5.41, 5.74) is 4.04. The zero-order valence-corrected chi connectivity index (χ0v) is 19.6. The van der Waals surface area contributed by atoms with Crippen LogP contribution >= 0.6 is 0 Å². The van der Waals surface area contributed by atoms with Gasteiger partial charge in [-0.25, -0.2) is 4.98 Å². The Morgan fingerprint density at radius 3 is 2.83 bits per heavy atom. The summed E-state index contributed by atoms with van der Waals surface area (Å²) in [7, 11) is 0. The Balaban J connectivity index is 1.15. The molecular weight excluding hydrogens is 446 g/mol. The summed E-state index contributed by atoms with van der Waals surface area (Å²) >= 11 is 0. The van der Waals surface area contributed by atoms with Crippen molar-refractivity contribution in [2.45, 2.75) is 25.5 Å². The summed E-state index contributed by atoms with van der Waals surface area (Å²) in [6, 6.07) is 15.0. The molecule has 3 aromatic rings. The van der Waals surface area contributed by atoms with Gasteiger partial charge in [0.2, 0.25) is 0 Å². The number of nitrogens with zero attached hydrogens (tertiary/aromatic N) is 2. The average Bonchev–Trinajstić information content (AvgIpc) is 3.40. The lowest BCUT2D eigenvalue weighted by molar-refractivity contribution is -0.123. The molecule has 1 aromatic heterocycles. The number of H-pyrrole nitrogens is 1. The third kappa shape index (κ3) is 7.40. The van der Waals surface area contributed by atoms with Gasteiger partial charge in [-0.3, -0.25) is 14.5 Å². The Labute approximate surface area is 204 Å². The SMILES string of the molecule is O=C(COc1cccc(C(=O)NCCc2cnc[nH]2)c1)NC[C@@H](O)CN1CCc2ccccc2C1. The Morgan fingerprint density at radius 2 is 2.00 bits per heavy atom. The van der Waals surface area contributed by atoms with Gasteiger partial charge in [0.25, 0.3) is 11.8 Å². The summed E-state index contributed by atoms with van der Waals surface area (Å²) in [5.74, 6) is -0.126. The highest BCUT2D eigenvalue weighted by Gasteiger charge is 2.19. The van der Waals surface area contributed by atoms with Gasteiger partial charge in [0.1, 0.15) is 5.75 Å². The van der Waals surface area contributed by atoms with Crippen molar-refractivity contribution in [2.75, 3.05) is 32.8 Å². The highest BCUT2D eigenvalue weighted by molar-refractivity contribution is 5.94. The Bertz CT molecular complexity index is 1120. The number of amides is 2. The van der Waals surface area contributed by atoms with Crippen molar-refractivity contribution in [3.63, 3.8) is 0 Å². The van der Waals surface area contributed by atoms with Crippen LogP contribution in [0.5, 0.6) is 5.75 Å². The first-order valence-electron chi connectivity index (χ1n) is 11.8.